The molecule has 0 radical (unpaired) electrons. The molecular weight excluding hydrogens is 552 g/mol. The lowest BCUT2D eigenvalue weighted by molar-refractivity contribution is -0.139. The molecule has 12 nitrogen and oxygen atoms in total. The molecule has 4 aromatic carbocycles. The fraction of sp³-hybridized carbons (Fsp3) is 0.167. The second-order valence-corrected chi connectivity index (χ2v) is 10.4. The summed E-state index contributed by atoms with van der Waals surface area (Å²) in [5, 5.41) is 83.3. The molecule has 4 aromatic rings. The number of fused-ring (bicyclic) bond motifs is 6. The van der Waals surface area contributed by atoms with Gasteiger partial charge < -0.3 is 55.1 Å². The molecule has 8 N–H and O–H groups in total. The molecule has 4 atom stereocenters. The van der Waals surface area contributed by atoms with Crippen molar-refractivity contribution in [3.63, 3.8) is 0 Å². The second kappa shape index (κ2) is 8.51. The van der Waals surface area contributed by atoms with E-state index in [1.165, 1.54) is 48.5 Å². The minimum Gasteiger partial charge on any atom is -0.508 e. The van der Waals surface area contributed by atoms with Crippen LogP contribution in [0.5, 0.6) is 57.5 Å². The van der Waals surface area contributed by atoms with Gasteiger partial charge in [-0.3, -0.25) is 4.79 Å². The summed E-state index contributed by atoms with van der Waals surface area (Å²) in [5.41, 5.74) is -1.48. The summed E-state index contributed by atoms with van der Waals surface area (Å²) in [4.78, 5) is 14.1. The standard InChI is InChI=1S/C30H22O12/c31-13-7-20(37)24-22(8-13)40-28(12-2-4-16(33)19(36)6-12)30(24)25-23(41-29(30)39)10-17(34)14-9-21(38)26(42-27(14)25)11-1-3-15(32)18(35)5-11/h1-8,10,21,26,28,31-38H,9H2/t21-,26+,28-,30-/m0/s1. The number of phenols is 7. The summed E-state index contributed by atoms with van der Waals surface area (Å²) in [6.45, 7) is 0. The Balaban J connectivity index is 1.51. The minimum absolute atomic E-state index is 0.0394. The number of rotatable bonds is 2. The number of benzene rings is 4. The lowest BCUT2D eigenvalue weighted by atomic mass is 9.69. The summed E-state index contributed by atoms with van der Waals surface area (Å²) >= 11 is 0. The quantitative estimate of drug-likeness (QED) is 0.0988. The Kier molecular flexibility index (Phi) is 5.16. The smallest absolute Gasteiger partial charge is 0.331 e. The molecule has 3 heterocycles. The van der Waals surface area contributed by atoms with Crippen molar-refractivity contribution >= 4 is 5.97 Å². The van der Waals surface area contributed by atoms with Gasteiger partial charge in [0.1, 0.15) is 46.7 Å². The van der Waals surface area contributed by atoms with Gasteiger partial charge in [-0.2, -0.15) is 0 Å². The van der Waals surface area contributed by atoms with E-state index in [2.05, 4.69) is 0 Å². The van der Waals surface area contributed by atoms with Gasteiger partial charge in [0.2, 0.25) is 0 Å². The van der Waals surface area contributed by atoms with Crippen molar-refractivity contribution in [1.29, 1.82) is 0 Å². The van der Waals surface area contributed by atoms with Gasteiger partial charge >= 0.3 is 5.97 Å². The molecule has 0 amide bonds. The van der Waals surface area contributed by atoms with Crippen LogP contribution in [0, 0.1) is 0 Å². The number of aliphatic hydroxyl groups is 1. The summed E-state index contributed by atoms with van der Waals surface area (Å²) in [6, 6.07) is 11.0. The third-order valence-corrected chi connectivity index (χ3v) is 7.98. The number of phenolic OH excluding ortho intramolecular Hbond substituents is 7. The fourth-order valence-corrected chi connectivity index (χ4v) is 6.16. The Morgan fingerprint density at radius 3 is 2.02 bits per heavy atom. The lowest BCUT2D eigenvalue weighted by Gasteiger charge is -2.35. The first-order valence-corrected chi connectivity index (χ1v) is 12.7. The van der Waals surface area contributed by atoms with Crippen LogP contribution in [0.4, 0.5) is 0 Å². The van der Waals surface area contributed by atoms with E-state index in [0.717, 1.165) is 6.07 Å². The summed E-state index contributed by atoms with van der Waals surface area (Å²) in [6.07, 6.45) is -3.89. The molecule has 0 aromatic heterocycles. The highest BCUT2D eigenvalue weighted by Gasteiger charge is 2.66. The lowest BCUT2D eigenvalue weighted by Crippen LogP contribution is -2.40. The molecule has 1 spiro atoms. The molecule has 0 saturated carbocycles. The van der Waals surface area contributed by atoms with Gasteiger partial charge in [-0.1, -0.05) is 12.1 Å². The van der Waals surface area contributed by atoms with E-state index in [0.29, 0.717) is 0 Å². The van der Waals surface area contributed by atoms with Crippen LogP contribution >= 0.6 is 0 Å². The van der Waals surface area contributed by atoms with Gasteiger partial charge in [0, 0.05) is 30.2 Å². The first-order chi connectivity index (χ1) is 20.0. The molecule has 0 saturated heterocycles. The van der Waals surface area contributed by atoms with E-state index in [9.17, 15) is 45.6 Å². The zero-order chi connectivity index (χ0) is 29.7. The molecule has 3 aliphatic rings. The van der Waals surface area contributed by atoms with Crippen molar-refractivity contribution in [2.75, 3.05) is 0 Å². The van der Waals surface area contributed by atoms with Crippen LogP contribution < -0.4 is 14.2 Å². The average Bonchev–Trinajstić information content (AvgIpc) is 3.42. The van der Waals surface area contributed by atoms with Crippen LogP contribution in [0.3, 0.4) is 0 Å². The van der Waals surface area contributed by atoms with Crippen LogP contribution in [-0.4, -0.2) is 52.9 Å². The van der Waals surface area contributed by atoms with Gasteiger partial charge in [0.15, 0.2) is 28.4 Å². The molecule has 0 fully saturated rings. The molecule has 12 heteroatoms. The molecule has 3 aliphatic heterocycles. The van der Waals surface area contributed by atoms with Crippen molar-refractivity contribution in [2.24, 2.45) is 0 Å². The van der Waals surface area contributed by atoms with Crippen molar-refractivity contribution in [3.05, 3.63) is 82.4 Å². The summed E-state index contributed by atoms with van der Waals surface area (Å²) in [5.74, 6) is -4.21. The molecule has 214 valence electrons. The maximum Gasteiger partial charge on any atom is 0.331 e. The normalized spacial score (nSPS) is 23.5. The minimum atomic E-state index is -2.02. The number of esters is 1. The predicted octanol–water partition coefficient (Wildman–Crippen LogP) is 3.00. The highest BCUT2D eigenvalue weighted by molar-refractivity contribution is 6.00. The highest BCUT2D eigenvalue weighted by atomic mass is 16.6. The van der Waals surface area contributed by atoms with Crippen molar-refractivity contribution in [2.45, 2.75) is 30.1 Å². The molecule has 0 aliphatic carbocycles. The molecule has 0 unspecified atom stereocenters. The Labute approximate surface area is 236 Å². The zero-order valence-electron chi connectivity index (χ0n) is 21.3. The van der Waals surface area contributed by atoms with Gasteiger partial charge in [-0.25, -0.2) is 0 Å². The van der Waals surface area contributed by atoms with Crippen LogP contribution in [0.1, 0.15) is 40.0 Å². The van der Waals surface area contributed by atoms with Crippen LogP contribution in [0.2, 0.25) is 0 Å². The first kappa shape index (κ1) is 25.5. The Morgan fingerprint density at radius 2 is 1.33 bits per heavy atom. The van der Waals surface area contributed by atoms with Crippen LogP contribution in [0.15, 0.2) is 54.6 Å². The van der Waals surface area contributed by atoms with E-state index in [-0.39, 0.29) is 68.7 Å². The van der Waals surface area contributed by atoms with Crippen LogP contribution in [-0.2, 0) is 16.6 Å². The monoisotopic (exact) mass is 574 g/mol. The number of ether oxygens (including phenoxy) is 3. The van der Waals surface area contributed by atoms with Gasteiger partial charge in [-0.05, 0) is 35.4 Å². The van der Waals surface area contributed by atoms with Crippen molar-refractivity contribution < 1.29 is 59.9 Å². The van der Waals surface area contributed by atoms with Crippen molar-refractivity contribution in [3.8, 4) is 57.5 Å². The largest absolute Gasteiger partial charge is 0.508 e. The Hall–Kier alpha value is -5.49. The van der Waals surface area contributed by atoms with E-state index in [1.54, 1.807) is 0 Å². The van der Waals surface area contributed by atoms with Gasteiger partial charge in [0.25, 0.3) is 0 Å². The number of hydrogen-bond acceptors (Lipinski definition) is 12. The van der Waals surface area contributed by atoms with Crippen LogP contribution in [0.25, 0.3) is 0 Å². The zero-order valence-corrected chi connectivity index (χ0v) is 21.3. The number of carbonyl (C=O) groups excluding carboxylic acids is 1. The maximum absolute atomic E-state index is 14.1. The number of aliphatic hydroxyl groups excluding tert-OH is 1. The van der Waals surface area contributed by atoms with Gasteiger partial charge in [-0.15, -0.1) is 0 Å². The van der Waals surface area contributed by atoms with E-state index in [4.69, 9.17) is 14.2 Å². The topological polar surface area (TPSA) is 207 Å². The highest BCUT2D eigenvalue weighted by Crippen LogP contribution is 2.66. The first-order valence-electron chi connectivity index (χ1n) is 12.7. The maximum atomic E-state index is 14.1. The third-order valence-electron chi connectivity index (χ3n) is 7.98. The third kappa shape index (κ3) is 3.29. The molecule has 7 rings (SSSR count). The van der Waals surface area contributed by atoms with Crippen molar-refractivity contribution in [1.82, 2.24) is 0 Å². The molecule has 0 bridgehead atoms. The number of carbonyl (C=O) groups is 1. The van der Waals surface area contributed by atoms with Gasteiger partial charge in [0.05, 0.1) is 17.2 Å². The summed E-state index contributed by atoms with van der Waals surface area (Å²) in [7, 11) is 0. The van der Waals surface area contributed by atoms with E-state index < -0.39 is 52.7 Å². The number of aromatic hydroxyl groups is 7. The average molecular weight is 574 g/mol. The van der Waals surface area contributed by atoms with E-state index >= 15 is 0 Å². The Bertz CT molecular complexity index is 1830. The number of hydrogen-bond donors (Lipinski definition) is 8. The second-order valence-electron chi connectivity index (χ2n) is 10.4. The Morgan fingerprint density at radius 1 is 0.667 bits per heavy atom. The van der Waals surface area contributed by atoms with E-state index in [1.807, 2.05) is 0 Å². The fourth-order valence-electron chi connectivity index (χ4n) is 6.16. The molecular formula is C30H22O12. The SMILES string of the molecule is O=C1Oc2cc(O)c3c(c2[C@]12c1c(O)cc(O)cc1O[C@H]2c1ccc(O)c(O)c1)O[C@H](c1ccc(O)c(O)c1)[C@@H](O)C3. The predicted molar refractivity (Wildman–Crippen MR) is 140 cm³/mol. The molecule has 42 heavy (non-hydrogen) atoms. The summed E-state index contributed by atoms with van der Waals surface area (Å²) < 4.78 is 18.1.